The molecule has 0 fully saturated rings. The third-order valence-corrected chi connectivity index (χ3v) is 6.25. The number of rotatable bonds is 6. The van der Waals surface area contributed by atoms with E-state index < -0.39 is 40.5 Å². The monoisotopic (exact) mass is 483 g/mol. The highest BCUT2D eigenvalue weighted by Gasteiger charge is 2.37. The van der Waals surface area contributed by atoms with Crippen molar-refractivity contribution < 1.29 is 32.0 Å². The van der Waals surface area contributed by atoms with Crippen LogP contribution in [-0.2, 0) is 37.3 Å². The number of nitrogens with two attached hydrogens (primary N) is 1. The molecule has 1 aromatic heterocycles. The number of carbonyl (C=O) groups excluding carboxylic acids is 3. The van der Waals surface area contributed by atoms with Gasteiger partial charge in [0.25, 0.3) is 11.8 Å². The summed E-state index contributed by atoms with van der Waals surface area (Å²) in [6, 6.07) is 14.8. The Morgan fingerprint density at radius 1 is 1.03 bits per heavy atom. The van der Waals surface area contributed by atoms with E-state index in [0.29, 0.717) is 5.69 Å². The number of benzene rings is 2. The molecule has 1 atom stereocenters. The van der Waals surface area contributed by atoms with E-state index in [0.717, 1.165) is 11.1 Å². The molecule has 2 amide bonds. The van der Waals surface area contributed by atoms with Crippen LogP contribution in [-0.4, -0.2) is 43.8 Å². The first-order valence-corrected chi connectivity index (χ1v) is 11.8. The van der Waals surface area contributed by atoms with Gasteiger partial charge in [0.1, 0.15) is 6.04 Å². The quantitative estimate of drug-likeness (QED) is 0.507. The van der Waals surface area contributed by atoms with E-state index in [1.807, 2.05) is 24.3 Å². The lowest BCUT2D eigenvalue weighted by Crippen LogP contribution is -2.49. The first-order valence-electron chi connectivity index (χ1n) is 10.2. The zero-order chi connectivity index (χ0) is 24.3. The van der Waals surface area contributed by atoms with Gasteiger partial charge in [0.15, 0.2) is 12.4 Å². The van der Waals surface area contributed by atoms with Crippen molar-refractivity contribution >= 4 is 33.5 Å². The number of nitrogens with zero attached hydrogens (tertiary/aromatic N) is 1. The van der Waals surface area contributed by atoms with Crippen LogP contribution in [0.1, 0.15) is 21.7 Å². The van der Waals surface area contributed by atoms with E-state index in [1.54, 1.807) is 6.07 Å². The topological polar surface area (TPSA) is 149 Å². The highest BCUT2D eigenvalue weighted by molar-refractivity contribution is 7.89. The number of amides is 2. The van der Waals surface area contributed by atoms with Gasteiger partial charge in [-0.15, -0.1) is 0 Å². The maximum absolute atomic E-state index is 13.0. The van der Waals surface area contributed by atoms with Crippen LogP contribution >= 0.6 is 0 Å². The fourth-order valence-corrected chi connectivity index (χ4v) is 4.16. The normalized spacial score (nSPS) is 15.3. The van der Waals surface area contributed by atoms with Gasteiger partial charge in [-0.2, -0.15) is 0 Å². The Morgan fingerprint density at radius 3 is 2.38 bits per heavy atom. The van der Waals surface area contributed by atoms with Crippen LogP contribution in [0, 0.1) is 0 Å². The lowest BCUT2D eigenvalue weighted by molar-refractivity contribution is -0.152. The summed E-state index contributed by atoms with van der Waals surface area (Å²) in [4.78, 5) is 39.4. The molecule has 2 heterocycles. The SMILES string of the molecule is NS(=O)(=O)c1ccc(NC(=O)COC(=O)C2Cc3ccccc3CN2C(=O)c2ccco2)cc1. The molecule has 0 bridgehead atoms. The van der Waals surface area contributed by atoms with Crippen molar-refractivity contribution in [1.82, 2.24) is 4.90 Å². The summed E-state index contributed by atoms with van der Waals surface area (Å²) in [6.07, 6.45) is 1.61. The summed E-state index contributed by atoms with van der Waals surface area (Å²) < 4.78 is 33.1. The number of fused-ring (bicyclic) bond motifs is 1. The van der Waals surface area contributed by atoms with Crippen molar-refractivity contribution in [1.29, 1.82) is 0 Å². The molecule has 3 aromatic rings. The number of carbonyl (C=O) groups is 3. The maximum Gasteiger partial charge on any atom is 0.329 e. The molecule has 0 radical (unpaired) electrons. The molecule has 11 heteroatoms. The number of sulfonamides is 1. The Hall–Kier alpha value is -3.96. The number of hydrogen-bond donors (Lipinski definition) is 2. The average Bonchev–Trinajstić information content (AvgIpc) is 3.36. The second-order valence-electron chi connectivity index (χ2n) is 7.62. The minimum atomic E-state index is -3.85. The first kappa shape index (κ1) is 23.2. The maximum atomic E-state index is 13.0. The number of anilines is 1. The minimum Gasteiger partial charge on any atom is -0.459 e. The molecular formula is C23H21N3O7S. The Balaban J connectivity index is 1.43. The third kappa shape index (κ3) is 5.16. The summed E-state index contributed by atoms with van der Waals surface area (Å²) in [6.45, 7) is -0.394. The molecule has 4 rings (SSSR count). The molecule has 34 heavy (non-hydrogen) atoms. The van der Waals surface area contributed by atoms with Gasteiger partial charge < -0.3 is 19.4 Å². The number of hydrogen-bond acceptors (Lipinski definition) is 7. The van der Waals surface area contributed by atoms with E-state index in [4.69, 9.17) is 14.3 Å². The predicted molar refractivity (Wildman–Crippen MR) is 120 cm³/mol. The predicted octanol–water partition coefficient (Wildman–Crippen LogP) is 1.68. The van der Waals surface area contributed by atoms with Crippen LogP contribution in [0.25, 0.3) is 0 Å². The lowest BCUT2D eigenvalue weighted by atomic mass is 9.93. The van der Waals surface area contributed by atoms with E-state index >= 15 is 0 Å². The highest BCUT2D eigenvalue weighted by atomic mass is 32.2. The average molecular weight is 484 g/mol. The van der Waals surface area contributed by atoms with Gasteiger partial charge in [0, 0.05) is 18.7 Å². The van der Waals surface area contributed by atoms with Crippen molar-refractivity contribution in [2.24, 2.45) is 5.14 Å². The Bertz CT molecular complexity index is 1320. The van der Waals surface area contributed by atoms with Crippen molar-refractivity contribution in [2.75, 3.05) is 11.9 Å². The fourth-order valence-electron chi connectivity index (χ4n) is 3.65. The Morgan fingerprint density at radius 2 is 1.74 bits per heavy atom. The van der Waals surface area contributed by atoms with Gasteiger partial charge in [-0.3, -0.25) is 9.59 Å². The summed E-state index contributed by atoms with van der Waals surface area (Å²) in [5.41, 5.74) is 2.12. The van der Waals surface area contributed by atoms with Crippen LogP contribution in [0.3, 0.4) is 0 Å². The minimum absolute atomic E-state index is 0.0952. The smallest absolute Gasteiger partial charge is 0.329 e. The van der Waals surface area contributed by atoms with E-state index in [2.05, 4.69) is 5.32 Å². The second kappa shape index (κ2) is 9.49. The molecule has 0 aliphatic carbocycles. The molecule has 1 unspecified atom stereocenters. The largest absolute Gasteiger partial charge is 0.459 e. The van der Waals surface area contributed by atoms with Crippen LogP contribution in [0.5, 0.6) is 0 Å². The second-order valence-corrected chi connectivity index (χ2v) is 9.19. The molecule has 1 aliphatic heterocycles. The standard InChI is InChI=1S/C23H21N3O7S/c24-34(30,31)18-9-7-17(8-10-18)25-21(27)14-33-23(29)19-12-15-4-1-2-5-16(15)13-26(19)22(28)20-6-3-11-32-20/h1-11,19H,12-14H2,(H,25,27)(H2,24,30,31). The molecule has 1 aliphatic rings. The fraction of sp³-hybridized carbons (Fsp3) is 0.174. The van der Waals surface area contributed by atoms with Crippen LogP contribution in [0.2, 0.25) is 0 Å². The van der Waals surface area contributed by atoms with Crippen molar-refractivity contribution in [2.45, 2.75) is 23.9 Å². The van der Waals surface area contributed by atoms with Gasteiger partial charge in [-0.1, -0.05) is 24.3 Å². The van der Waals surface area contributed by atoms with Crippen molar-refractivity contribution in [3.8, 4) is 0 Å². The number of furan rings is 1. The number of ether oxygens (including phenoxy) is 1. The number of nitrogens with one attached hydrogen (secondary N) is 1. The summed E-state index contributed by atoms with van der Waals surface area (Å²) >= 11 is 0. The number of primary sulfonamides is 1. The Kier molecular flexibility index (Phi) is 6.48. The Labute approximate surface area is 195 Å². The molecule has 0 saturated heterocycles. The van der Waals surface area contributed by atoms with E-state index in [9.17, 15) is 22.8 Å². The van der Waals surface area contributed by atoms with Crippen molar-refractivity contribution in [3.05, 3.63) is 83.8 Å². The molecule has 2 aromatic carbocycles. The first-order chi connectivity index (χ1) is 16.2. The van der Waals surface area contributed by atoms with Gasteiger partial charge in [-0.05, 0) is 47.5 Å². The van der Waals surface area contributed by atoms with Crippen molar-refractivity contribution in [3.63, 3.8) is 0 Å². The number of esters is 1. The summed E-state index contributed by atoms with van der Waals surface area (Å²) in [5.74, 6) is -1.72. The third-order valence-electron chi connectivity index (χ3n) is 5.33. The molecule has 10 nitrogen and oxygen atoms in total. The molecular weight excluding hydrogens is 462 g/mol. The molecule has 3 N–H and O–H groups in total. The lowest BCUT2D eigenvalue weighted by Gasteiger charge is -2.34. The van der Waals surface area contributed by atoms with Gasteiger partial charge in [0.05, 0.1) is 11.2 Å². The zero-order valence-corrected chi connectivity index (χ0v) is 18.7. The molecule has 176 valence electrons. The van der Waals surface area contributed by atoms with Crippen LogP contribution in [0.15, 0.2) is 76.2 Å². The summed E-state index contributed by atoms with van der Waals surface area (Å²) in [7, 11) is -3.85. The van der Waals surface area contributed by atoms with Gasteiger partial charge >= 0.3 is 5.97 Å². The van der Waals surface area contributed by atoms with Gasteiger partial charge in [-0.25, -0.2) is 18.4 Å². The van der Waals surface area contributed by atoms with Gasteiger partial charge in [0.2, 0.25) is 10.0 Å². The summed E-state index contributed by atoms with van der Waals surface area (Å²) in [5, 5.41) is 7.55. The zero-order valence-electron chi connectivity index (χ0n) is 17.8. The van der Waals surface area contributed by atoms with E-state index in [1.165, 1.54) is 41.5 Å². The molecule has 0 spiro atoms. The highest BCUT2D eigenvalue weighted by Crippen LogP contribution is 2.26. The van der Waals surface area contributed by atoms with Crippen LogP contribution < -0.4 is 10.5 Å². The van der Waals surface area contributed by atoms with E-state index in [-0.39, 0.29) is 23.6 Å². The van der Waals surface area contributed by atoms with Crippen LogP contribution in [0.4, 0.5) is 5.69 Å². The molecule has 0 saturated carbocycles.